The molecule has 3 aromatic rings. The lowest BCUT2D eigenvalue weighted by Crippen LogP contribution is -2.46. The summed E-state index contributed by atoms with van der Waals surface area (Å²) >= 11 is 1.51. The zero-order valence-electron chi connectivity index (χ0n) is 19.7. The van der Waals surface area contributed by atoms with Crippen molar-refractivity contribution in [2.45, 2.75) is 33.1 Å². The number of anilines is 1. The Morgan fingerprint density at radius 1 is 1.00 bits per heavy atom. The summed E-state index contributed by atoms with van der Waals surface area (Å²) in [6.07, 6.45) is 2.88. The first-order valence-electron chi connectivity index (χ1n) is 11.9. The van der Waals surface area contributed by atoms with Crippen molar-refractivity contribution in [3.05, 3.63) is 81.3 Å². The van der Waals surface area contributed by atoms with Gasteiger partial charge >= 0.3 is 0 Å². The van der Waals surface area contributed by atoms with Gasteiger partial charge in [0, 0.05) is 44.8 Å². The highest BCUT2D eigenvalue weighted by atomic mass is 32.1. The second kappa shape index (κ2) is 11.4. The lowest BCUT2D eigenvalue weighted by Gasteiger charge is -2.36. The van der Waals surface area contributed by atoms with E-state index in [0.29, 0.717) is 6.54 Å². The Kier molecular flexibility index (Phi) is 8.13. The number of aryl methyl sites for hydroxylation is 2. The summed E-state index contributed by atoms with van der Waals surface area (Å²) in [7, 11) is 0. The molecule has 1 aliphatic rings. The minimum absolute atomic E-state index is 0.0103. The molecule has 0 bridgehead atoms. The van der Waals surface area contributed by atoms with Crippen molar-refractivity contribution in [3.63, 3.8) is 0 Å². The van der Waals surface area contributed by atoms with Crippen molar-refractivity contribution >= 4 is 22.9 Å². The number of thiazole rings is 1. The first-order chi connectivity index (χ1) is 16.1. The van der Waals surface area contributed by atoms with Gasteiger partial charge in [0.15, 0.2) is 0 Å². The zero-order valence-corrected chi connectivity index (χ0v) is 20.5. The Morgan fingerprint density at radius 2 is 1.79 bits per heavy atom. The molecule has 6 heteroatoms. The molecule has 0 unspecified atom stereocenters. The largest absolute Gasteiger partial charge is 0.369 e. The number of amides is 1. The van der Waals surface area contributed by atoms with Gasteiger partial charge in [-0.3, -0.25) is 9.69 Å². The monoisotopic (exact) mass is 462 g/mol. The molecule has 1 aromatic heterocycles. The van der Waals surface area contributed by atoms with E-state index in [1.165, 1.54) is 28.2 Å². The zero-order chi connectivity index (χ0) is 23.0. The standard InChI is InChI=1S/C27H34N4OS/c1-21-9-8-12-24(19-21)31-17-15-30(16-18-31)14-7-6-13-28-27(32)26-22(2)29-25(33-26)20-23-10-4-3-5-11-23/h3-5,8-12,19H,6-7,13-18,20H2,1-2H3,(H,28,32). The molecule has 1 fully saturated rings. The fourth-order valence-electron chi connectivity index (χ4n) is 4.31. The molecular weight excluding hydrogens is 428 g/mol. The highest BCUT2D eigenvalue weighted by Crippen LogP contribution is 2.21. The normalized spacial score (nSPS) is 14.4. The molecule has 33 heavy (non-hydrogen) atoms. The molecule has 174 valence electrons. The average Bonchev–Trinajstić information content (AvgIpc) is 3.19. The van der Waals surface area contributed by atoms with E-state index in [0.717, 1.165) is 67.6 Å². The number of carbonyl (C=O) groups is 1. The minimum atomic E-state index is 0.0103. The maximum absolute atomic E-state index is 12.6. The topological polar surface area (TPSA) is 48.5 Å². The molecule has 0 saturated carbocycles. The Labute approximate surface area is 201 Å². The van der Waals surface area contributed by atoms with Crippen LogP contribution in [0.2, 0.25) is 0 Å². The number of nitrogens with zero attached hydrogens (tertiary/aromatic N) is 3. The van der Waals surface area contributed by atoms with Gasteiger partial charge in [0.2, 0.25) is 0 Å². The van der Waals surface area contributed by atoms with Gasteiger partial charge in [0.1, 0.15) is 4.88 Å². The van der Waals surface area contributed by atoms with Crippen molar-refractivity contribution in [3.8, 4) is 0 Å². The minimum Gasteiger partial charge on any atom is -0.369 e. The number of hydrogen-bond acceptors (Lipinski definition) is 5. The van der Waals surface area contributed by atoms with Crippen LogP contribution >= 0.6 is 11.3 Å². The number of hydrogen-bond donors (Lipinski definition) is 1. The fourth-order valence-corrected chi connectivity index (χ4v) is 5.32. The molecule has 2 aromatic carbocycles. The van der Waals surface area contributed by atoms with Gasteiger partial charge in [0.25, 0.3) is 5.91 Å². The molecule has 1 N–H and O–H groups in total. The van der Waals surface area contributed by atoms with Crippen molar-refractivity contribution < 1.29 is 4.79 Å². The van der Waals surface area contributed by atoms with Crippen molar-refractivity contribution in [1.29, 1.82) is 0 Å². The van der Waals surface area contributed by atoms with Crippen LogP contribution < -0.4 is 10.2 Å². The third kappa shape index (κ3) is 6.65. The maximum Gasteiger partial charge on any atom is 0.263 e. The van der Waals surface area contributed by atoms with Crippen LogP contribution in [0.5, 0.6) is 0 Å². The molecule has 0 atom stereocenters. The van der Waals surface area contributed by atoms with Crippen LogP contribution in [0.1, 0.15) is 44.3 Å². The number of unbranched alkanes of at least 4 members (excludes halogenated alkanes) is 1. The third-order valence-electron chi connectivity index (χ3n) is 6.17. The summed E-state index contributed by atoms with van der Waals surface area (Å²) in [5.41, 5.74) is 4.70. The van der Waals surface area contributed by atoms with Crippen LogP contribution in [0.15, 0.2) is 54.6 Å². The van der Waals surface area contributed by atoms with Crippen LogP contribution in [0.4, 0.5) is 5.69 Å². The first-order valence-corrected chi connectivity index (χ1v) is 12.7. The number of rotatable bonds is 9. The Bertz CT molecular complexity index is 1040. The molecule has 4 rings (SSSR count). The van der Waals surface area contributed by atoms with E-state index in [2.05, 4.69) is 63.4 Å². The molecule has 0 radical (unpaired) electrons. The predicted octanol–water partition coefficient (Wildman–Crippen LogP) is 4.68. The van der Waals surface area contributed by atoms with Gasteiger partial charge in [-0.1, -0.05) is 42.5 Å². The second-order valence-electron chi connectivity index (χ2n) is 8.82. The molecule has 1 aliphatic heterocycles. The van der Waals surface area contributed by atoms with E-state index in [-0.39, 0.29) is 5.91 Å². The summed E-state index contributed by atoms with van der Waals surface area (Å²) in [6, 6.07) is 19.1. The van der Waals surface area contributed by atoms with Crippen molar-refractivity contribution in [1.82, 2.24) is 15.2 Å². The van der Waals surface area contributed by atoms with Gasteiger partial charge in [-0.2, -0.15) is 0 Å². The van der Waals surface area contributed by atoms with Gasteiger partial charge in [-0.15, -0.1) is 11.3 Å². The number of piperazine rings is 1. The Balaban J connectivity index is 1.14. The summed E-state index contributed by atoms with van der Waals surface area (Å²) < 4.78 is 0. The van der Waals surface area contributed by atoms with E-state index in [1.54, 1.807) is 0 Å². The van der Waals surface area contributed by atoms with Gasteiger partial charge in [0.05, 0.1) is 10.7 Å². The third-order valence-corrected chi connectivity index (χ3v) is 7.33. The average molecular weight is 463 g/mol. The number of nitrogens with one attached hydrogen (secondary N) is 1. The molecule has 0 spiro atoms. The Hall–Kier alpha value is -2.70. The molecule has 2 heterocycles. The van der Waals surface area contributed by atoms with Crippen LogP contribution in [-0.2, 0) is 6.42 Å². The summed E-state index contributed by atoms with van der Waals surface area (Å²) in [4.78, 5) is 23.0. The number of benzene rings is 2. The predicted molar refractivity (Wildman–Crippen MR) is 137 cm³/mol. The number of aromatic nitrogens is 1. The summed E-state index contributed by atoms with van der Waals surface area (Å²) in [5, 5.41) is 4.09. The molecule has 1 saturated heterocycles. The second-order valence-corrected chi connectivity index (χ2v) is 9.90. The van der Waals surface area contributed by atoms with Crippen molar-refractivity contribution in [2.75, 3.05) is 44.2 Å². The summed E-state index contributed by atoms with van der Waals surface area (Å²) in [5.74, 6) is 0.0103. The highest BCUT2D eigenvalue weighted by molar-refractivity contribution is 7.13. The highest BCUT2D eigenvalue weighted by Gasteiger charge is 2.17. The van der Waals surface area contributed by atoms with Crippen LogP contribution in [0.25, 0.3) is 0 Å². The Morgan fingerprint density at radius 3 is 2.55 bits per heavy atom. The first kappa shape index (κ1) is 23.5. The van der Waals surface area contributed by atoms with E-state index in [4.69, 9.17) is 0 Å². The molecule has 0 aliphatic carbocycles. The smallest absolute Gasteiger partial charge is 0.263 e. The maximum atomic E-state index is 12.6. The number of carbonyl (C=O) groups excluding carboxylic acids is 1. The molecule has 5 nitrogen and oxygen atoms in total. The van der Waals surface area contributed by atoms with Gasteiger partial charge in [-0.25, -0.2) is 4.98 Å². The van der Waals surface area contributed by atoms with E-state index >= 15 is 0 Å². The van der Waals surface area contributed by atoms with Crippen LogP contribution in [0, 0.1) is 13.8 Å². The van der Waals surface area contributed by atoms with Gasteiger partial charge in [-0.05, 0) is 56.5 Å². The lowest BCUT2D eigenvalue weighted by atomic mass is 10.2. The molecular formula is C27H34N4OS. The van der Waals surface area contributed by atoms with Crippen LogP contribution in [0.3, 0.4) is 0 Å². The summed E-state index contributed by atoms with van der Waals surface area (Å²) in [6.45, 7) is 10.3. The lowest BCUT2D eigenvalue weighted by molar-refractivity contribution is 0.0955. The van der Waals surface area contributed by atoms with Gasteiger partial charge < -0.3 is 10.2 Å². The SMILES string of the molecule is Cc1cccc(N2CCN(CCCCNC(=O)c3sc(Cc4ccccc4)nc3C)CC2)c1. The van der Waals surface area contributed by atoms with E-state index in [9.17, 15) is 4.79 Å². The van der Waals surface area contributed by atoms with Crippen molar-refractivity contribution in [2.24, 2.45) is 0 Å². The van der Waals surface area contributed by atoms with E-state index < -0.39 is 0 Å². The van der Waals surface area contributed by atoms with Crippen LogP contribution in [-0.4, -0.2) is 55.1 Å². The molecule has 1 amide bonds. The quantitative estimate of drug-likeness (QED) is 0.469. The fraction of sp³-hybridized carbons (Fsp3) is 0.407. The van der Waals surface area contributed by atoms with E-state index in [1.807, 2.05) is 25.1 Å².